The molecule has 0 saturated heterocycles. The maximum atomic E-state index is 5.23. The van der Waals surface area contributed by atoms with Gasteiger partial charge in [-0.3, -0.25) is 0 Å². The van der Waals surface area contributed by atoms with E-state index in [4.69, 9.17) is 6.42 Å². The molecule has 0 amide bonds. The van der Waals surface area contributed by atoms with Gasteiger partial charge < -0.3 is 6.92 Å². The summed E-state index contributed by atoms with van der Waals surface area (Å²) < 4.78 is 0. The van der Waals surface area contributed by atoms with E-state index >= 15 is 0 Å². The standard InChI is InChI=1S/C9H15/c1-5-7-8-9(3,4)6-2/h2H,3,5,7-8H2,1,4H3/q-1. The van der Waals surface area contributed by atoms with Crippen LogP contribution in [0.15, 0.2) is 0 Å². The molecule has 0 saturated carbocycles. The summed E-state index contributed by atoms with van der Waals surface area (Å²) in [5.74, 6) is 2.66. The van der Waals surface area contributed by atoms with Crippen LogP contribution in [0.4, 0.5) is 0 Å². The van der Waals surface area contributed by atoms with Gasteiger partial charge in [-0.2, -0.15) is 0 Å². The average Bonchev–Trinajstić information content (AvgIpc) is 1.84. The Morgan fingerprint density at radius 1 is 1.67 bits per heavy atom. The summed E-state index contributed by atoms with van der Waals surface area (Å²) in [7, 11) is 0. The predicted octanol–water partition coefficient (Wildman–Crippen LogP) is 2.65. The lowest BCUT2D eigenvalue weighted by Crippen LogP contribution is -2.07. The molecule has 0 fully saturated rings. The van der Waals surface area contributed by atoms with Crippen LogP contribution >= 0.6 is 0 Å². The van der Waals surface area contributed by atoms with E-state index < -0.39 is 0 Å². The summed E-state index contributed by atoms with van der Waals surface area (Å²) in [4.78, 5) is 0. The highest BCUT2D eigenvalue weighted by molar-refractivity contribution is 5.04. The van der Waals surface area contributed by atoms with E-state index in [2.05, 4.69) is 19.8 Å². The molecule has 0 heterocycles. The first-order valence-electron chi connectivity index (χ1n) is 3.45. The second-order valence-corrected chi connectivity index (χ2v) is 2.81. The first-order chi connectivity index (χ1) is 4.12. The lowest BCUT2D eigenvalue weighted by atomic mass is 9.89. The topological polar surface area (TPSA) is 0 Å². The second kappa shape index (κ2) is 3.56. The summed E-state index contributed by atoms with van der Waals surface area (Å²) in [5.41, 5.74) is -0.129. The molecule has 0 spiro atoms. The van der Waals surface area contributed by atoms with E-state index in [0.717, 1.165) is 6.42 Å². The number of hydrogen-bond donors (Lipinski definition) is 0. The largest absolute Gasteiger partial charge is 0.326 e. The van der Waals surface area contributed by atoms with Crippen molar-refractivity contribution in [2.45, 2.75) is 33.1 Å². The van der Waals surface area contributed by atoms with Crippen molar-refractivity contribution in [2.24, 2.45) is 5.41 Å². The molecule has 0 N–H and O–H groups in total. The minimum absolute atomic E-state index is 0.129. The molecule has 1 atom stereocenters. The Morgan fingerprint density at radius 3 is 2.56 bits per heavy atom. The van der Waals surface area contributed by atoms with Gasteiger partial charge in [-0.1, -0.05) is 38.5 Å². The second-order valence-electron chi connectivity index (χ2n) is 2.81. The first-order valence-corrected chi connectivity index (χ1v) is 3.45. The molecule has 0 aromatic rings. The number of rotatable bonds is 3. The minimum atomic E-state index is -0.129. The Labute approximate surface area is 58.7 Å². The van der Waals surface area contributed by atoms with Crippen LogP contribution in [0.2, 0.25) is 0 Å². The van der Waals surface area contributed by atoms with Gasteiger partial charge in [0.1, 0.15) is 0 Å². The minimum Gasteiger partial charge on any atom is -0.326 e. The molecule has 0 aliphatic carbocycles. The molecule has 0 aromatic heterocycles. The van der Waals surface area contributed by atoms with Crippen LogP contribution in [0.25, 0.3) is 0 Å². The summed E-state index contributed by atoms with van der Waals surface area (Å²) in [6.07, 6.45) is 8.66. The maximum absolute atomic E-state index is 5.23. The van der Waals surface area contributed by atoms with Crippen molar-refractivity contribution < 1.29 is 0 Å². The van der Waals surface area contributed by atoms with Crippen LogP contribution in [-0.2, 0) is 0 Å². The van der Waals surface area contributed by atoms with Crippen molar-refractivity contribution in [3.63, 3.8) is 0 Å². The van der Waals surface area contributed by atoms with E-state index in [1.165, 1.54) is 12.8 Å². The van der Waals surface area contributed by atoms with Gasteiger partial charge in [0, 0.05) is 0 Å². The van der Waals surface area contributed by atoms with Crippen molar-refractivity contribution in [3.05, 3.63) is 6.92 Å². The normalized spacial score (nSPS) is 16.2. The van der Waals surface area contributed by atoms with E-state index in [9.17, 15) is 0 Å². The fraction of sp³-hybridized carbons (Fsp3) is 0.667. The van der Waals surface area contributed by atoms with Gasteiger partial charge in [-0.25, -0.2) is 0 Å². The van der Waals surface area contributed by atoms with Gasteiger partial charge in [0.25, 0.3) is 0 Å². The van der Waals surface area contributed by atoms with Gasteiger partial charge in [-0.05, 0) is 0 Å². The maximum Gasteiger partial charge on any atom is -0.0547 e. The van der Waals surface area contributed by atoms with Crippen LogP contribution in [0, 0.1) is 24.7 Å². The molecular weight excluding hydrogens is 108 g/mol. The molecule has 0 aliphatic rings. The van der Waals surface area contributed by atoms with Crippen molar-refractivity contribution >= 4 is 0 Å². The van der Waals surface area contributed by atoms with E-state index in [-0.39, 0.29) is 5.41 Å². The highest BCUT2D eigenvalue weighted by Gasteiger charge is 2.03. The highest BCUT2D eigenvalue weighted by Crippen LogP contribution is 2.20. The zero-order valence-corrected chi connectivity index (χ0v) is 6.41. The third-order valence-corrected chi connectivity index (χ3v) is 1.43. The molecule has 0 heteroatoms. The molecular formula is C9H15-. The van der Waals surface area contributed by atoms with Crippen LogP contribution in [-0.4, -0.2) is 0 Å². The summed E-state index contributed by atoms with van der Waals surface area (Å²) >= 11 is 0. The zero-order valence-electron chi connectivity index (χ0n) is 6.41. The Bertz CT molecular complexity index is 104. The van der Waals surface area contributed by atoms with Crippen LogP contribution in [0.3, 0.4) is 0 Å². The number of unbranched alkanes of at least 4 members (excludes halogenated alkanes) is 1. The Kier molecular flexibility index (Phi) is 3.39. The van der Waals surface area contributed by atoms with E-state index in [1.807, 2.05) is 6.92 Å². The Hall–Kier alpha value is -0.440. The zero-order chi connectivity index (χ0) is 7.33. The van der Waals surface area contributed by atoms with Crippen molar-refractivity contribution in [3.8, 4) is 12.3 Å². The SMILES string of the molecule is C#CC([CH2-])(C)CCCC. The lowest BCUT2D eigenvalue weighted by Gasteiger charge is -2.24. The Morgan fingerprint density at radius 2 is 2.22 bits per heavy atom. The molecule has 0 radical (unpaired) electrons. The lowest BCUT2D eigenvalue weighted by molar-refractivity contribution is 0.489. The third kappa shape index (κ3) is 4.09. The van der Waals surface area contributed by atoms with Crippen molar-refractivity contribution in [1.29, 1.82) is 0 Å². The van der Waals surface area contributed by atoms with Crippen LogP contribution < -0.4 is 0 Å². The summed E-state index contributed by atoms with van der Waals surface area (Å²) in [6.45, 7) is 8.05. The Balaban J connectivity index is 3.49. The molecule has 0 aliphatic heterocycles. The molecule has 0 bridgehead atoms. The molecule has 0 nitrogen and oxygen atoms in total. The smallest absolute Gasteiger partial charge is 0.0547 e. The van der Waals surface area contributed by atoms with Gasteiger partial charge in [0.2, 0.25) is 0 Å². The fourth-order valence-electron chi connectivity index (χ4n) is 0.639. The first kappa shape index (κ1) is 8.56. The van der Waals surface area contributed by atoms with Crippen molar-refractivity contribution in [1.82, 2.24) is 0 Å². The highest BCUT2D eigenvalue weighted by atomic mass is 14.1. The number of hydrogen-bond acceptors (Lipinski definition) is 0. The fourth-order valence-corrected chi connectivity index (χ4v) is 0.639. The van der Waals surface area contributed by atoms with E-state index in [1.54, 1.807) is 0 Å². The third-order valence-electron chi connectivity index (χ3n) is 1.43. The quantitative estimate of drug-likeness (QED) is 0.400. The summed E-state index contributed by atoms with van der Waals surface area (Å²) in [6, 6.07) is 0. The molecule has 1 unspecified atom stereocenters. The monoisotopic (exact) mass is 123 g/mol. The van der Waals surface area contributed by atoms with E-state index in [0.29, 0.717) is 0 Å². The predicted molar refractivity (Wildman–Crippen MR) is 41.8 cm³/mol. The molecule has 52 valence electrons. The van der Waals surface area contributed by atoms with Gasteiger partial charge in [0.05, 0.1) is 0 Å². The summed E-state index contributed by atoms with van der Waals surface area (Å²) in [5, 5.41) is 0. The van der Waals surface area contributed by atoms with Crippen LogP contribution in [0.5, 0.6) is 0 Å². The number of terminal acetylenes is 1. The van der Waals surface area contributed by atoms with Gasteiger partial charge in [-0.15, -0.1) is 12.3 Å². The molecule has 0 rings (SSSR count). The molecule has 9 heavy (non-hydrogen) atoms. The average molecular weight is 123 g/mol. The van der Waals surface area contributed by atoms with Crippen LogP contribution in [0.1, 0.15) is 33.1 Å². The molecule has 0 aromatic carbocycles. The van der Waals surface area contributed by atoms with Gasteiger partial charge in [0.15, 0.2) is 0 Å². The van der Waals surface area contributed by atoms with Gasteiger partial charge >= 0.3 is 0 Å². The van der Waals surface area contributed by atoms with Crippen molar-refractivity contribution in [2.75, 3.05) is 0 Å².